The number of benzene rings is 8. The maximum Gasteiger partial charge on any atom is 0.0651 e. The quantitative estimate of drug-likeness (QED) is 0.188. The van der Waals surface area contributed by atoms with Crippen molar-refractivity contribution in [3.05, 3.63) is 188 Å². The first kappa shape index (κ1) is 16.8. The molecule has 0 N–H and O–H groups in total. The molecule has 212 valence electrons. The lowest BCUT2D eigenvalue weighted by atomic mass is 9.97. The van der Waals surface area contributed by atoms with Crippen LogP contribution in [0.3, 0.4) is 0 Å². The van der Waals surface area contributed by atoms with E-state index in [0.717, 1.165) is 15.7 Å². The summed E-state index contributed by atoms with van der Waals surface area (Å²) in [6.07, 6.45) is 0. The molecule has 8 rings (SSSR count). The van der Waals surface area contributed by atoms with Gasteiger partial charge in [-0.2, -0.15) is 0 Å². The smallest absolute Gasteiger partial charge is 0.0651 e. The van der Waals surface area contributed by atoms with Gasteiger partial charge in [0.2, 0.25) is 0 Å². The molecule has 8 aromatic carbocycles. The van der Waals surface area contributed by atoms with E-state index in [4.69, 9.17) is 5.48 Å². The maximum absolute atomic E-state index is 9.71. The predicted octanol–water partition coefficient (Wildman–Crippen LogP) is 12.5. The second-order valence-electron chi connectivity index (χ2n) is 10.4. The largest absolute Gasteiger partial charge is 0.310 e. The minimum Gasteiger partial charge on any atom is -0.310 e. The van der Waals surface area contributed by atoms with Crippen molar-refractivity contribution < 1.29 is 16.4 Å². The van der Waals surface area contributed by atoms with E-state index in [-0.39, 0.29) is 16.7 Å². The third-order valence-corrected chi connectivity index (χ3v) is 7.69. The van der Waals surface area contributed by atoms with Crippen LogP contribution in [0.25, 0.3) is 54.9 Å². The van der Waals surface area contributed by atoms with Gasteiger partial charge in [-0.05, 0) is 91.2 Å². The fraction of sp³-hybridized carbons (Fsp3) is 0. The molecular formula is C44H31N. The van der Waals surface area contributed by atoms with E-state index in [9.17, 15) is 11.0 Å². The Morgan fingerprint density at radius 3 is 1.49 bits per heavy atom. The van der Waals surface area contributed by atoms with Crippen molar-refractivity contribution in [2.75, 3.05) is 4.90 Å². The first-order valence-electron chi connectivity index (χ1n) is 20.5. The molecule has 8 aromatic rings. The second-order valence-corrected chi connectivity index (χ2v) is 10.4. The monoisotopic (exact) mass is 585 g/mol. The van der Waals surface area contributed by atoms with Gasteiger partial charge in [-0.3, -0.25) is 0 Å². The highest BCUT2D eigenvalue weighted by atomic mass is 15.1. The zero-order chi connectivity index (χ0) is 40.4. The molecule has 0 heterocycles. The van der Waals surface area contributed by atoms with Crippen LogP contribution in [0.15, 0.2) is 188 Å². The van der Waals surface area contributed by atoms with E-state index >= 15 is 0 Å². The lowest BCUT2D eigenvalue weighted by molar-refractivity contribution is 1.28. The number of hydrogen-bond donors (Lipinski definition) is 0. The Labute approximate surface area is 281 Å². The Kier molecular flexibility index (Phi) is 4.34. The van der Waals surface area contributed by atoms with Crippen LogP contribution in [0.4, 0.5) is 17.1 Å². The van der Waals surface area contributed by atoms with Crippen molar-refractivity contribution in [3.63, 3.8) is 0 Å². The first-order chi connectivity index (χ1) is 27.3. The van der Waals surface area contributed by atoms with Gasteiger partial charge in [-0.15, -0.1) is 0 Å². The molecule has 1 nitrogen and oxygen atoms in total. The molecule has 0 unspecified atom stereocenters. The zero-order valence-corrected chi connectivity index (χ0v) is 23.9. The average Bonchev–Trinajstić information content (AvgIpc) is 3.22. The second kappa shape index (κ2) is 11.6. The van der Waals surface area contributed by atoms with Crippen LogP contribution in [-0.2, 0) is 0 Å². The van der Waals surface area contributed by atoms with Gasteiger partial charge < -0.3 is 4.90 Å². The van der Waals surface area contributed by atoms with E-state index in [2.05, 4.69) is 0 Å². The van der Waals surface area contributed by atoms with Gasteiger partial charge in [-0.1, -0.05) is 152 Å². The highest BCUT2D eigenvalue weighted by molar-refractivity contribution is 5.98. The summed E-state index contributed by atoms with van der Waals surface area (Å²) in [5, 5.41) is 2.88. The van der Waals surface area contributed by atoms with E-state index < -0.39 is 89.6 Å². The summed E-state index contributed by atoms with van der Waals surface area (Å²) in [6, 6.07) is 26.7. The van der Waals surface area contributed by atoms with Gasteiger partial charge in [0.05, 0.1) is 16.4 Å². The number of fused-ring (bicyclic) bond motifs is 2. The molecule has 0 aliphatic carbocycles. The standard InChI is InChI=1S/C44H31N/c1-2-11-32(12-3-1)33-23-27-38(28-24-33)45(39-29-25-36(26-30-39)43-21-9-15-34-13-4-6-19-41(34)43)40-18-8-17-37(31-40)44-22-10-16-35-14-5-7-20-42(35)44/h1-31H/i8D,17D,18D,23D,24D,25D,26D,27D,28D,29D,30D,31D. The maximum atomic E-state index is 9.71. The van der Waals surface area contributed by atoms with Crippen molar-refractivity contribution in [1.29, 1.82) is 0 Å². The number of anilines is 3. The zero-order valence-electron chi connectivity index (χ0n) is 35.9. The van der Waals surface area contributed by atoms with Crippen molar-refractivity contribution in [2.45, 2.75) is 0 Å². The first-order valence-corrected chi connectivity index (χ1v) is 14.5. The number of hydrogen-bond acceptors (Lipinski definition) is 1. The van der Waals surface area contributed by atoms with Crippen molar-refractivity contribution in [1.82, 2.24) is 0 Å². The normalized spacial score (nSPS) is 14.8. The van der Waals surface area contributed by atoms with Gasteiger partial charge in [0.15, 0.2) is 0 Å². The highest BCUT2D eigenvalue weighted by Gasteiger charge is 2.15. The Hall–Kier alpha value is -5.92. The van der Waals surface area contributed by atoms with Gasteiger partial charge >= 0.3 is 0 Å². The molecular weight excluding hydrogens is 542 g/mol. The minimum absolute atomic E-state index is 0.0270. The molecule has 0 fully saturated rings. The number of rotatable bonds is 6. The van der Waals surface area contributed by atoms with Crippen molar-refractivity contribution in [2.24, 2.45) is 0 Å². The lowest BCUT2D eigenvalue weighted by Crippen LogP contribution is -2.10. The molecule has 0 saturated carbocycles. The Morgan fingerprint density at radius 2 is 0.867 bits per heavy atom. The fourth-order valence-electron chi connectivity index (χ4n) is 5.52. The molecule has 0 spiro atoms. The third-order valence-electron chi connectivity index (χ3n) is 7.69. The molecule has 0 saturated heterocycles. The summed E-state index contributed by atoms with van der Waals surface area (Å²) >= 11 is 0. The Bertz CT molecular complexity index is 2880. The van der Waals surface area contributed by atoms with Crippen LogP contribution < -0.4 is 4.90 Å². The van der Waals surface area contributed by atoms with Gasteiger partial charge in [0.25, 0.3) is 0 Å². The number of nitrogens with zero attached hydrogens (tertiary/aromatic N) is 1. The lowest BCUT2D eigenvalue weighted by Gasteiger charge is -2.26. The summed E-state index contributed by atoms with van der Waals surface area (Å²) in [7, 11) is 0. The van der Waals surface area contributed by atoms with Crippen LogP contribution in [0.2, 0.25) is 0 Å². The molecule has 45 heavy (non-hydrogen) atoms. The van der Waals surface area contributed by atoms with Crippen LogP contribution in [0, 0.1) is 0 Å². The minimum atomic E-state index is -0.715. The molecule has 0 bridgehead atoms. The van der Waals surface area contributed by atoms with Crippen LogP contribution in [-0.4, -0.2) is 0 Å². The van der Waals surface area contributed by atoms with Crippen LogP contribution >= 0.6 is 0 Å². The Morgan fingerprint density at radius 1 is 0.356 bits per heavy atom. The van der Waals surface area contributed by atoms with E-state index in [1.165, 1.54) is 0 Å². The molecule has 0 atom stereocenters. The van der Waals surface area contributed by atoms with Gasteiger partial charge in [0.1, 0.15) is 0 Å². The Balaban J connectivity index is 1.52. The average molecular weight is 586 g/mol. The molecule has 0 amide bonds. The molecule has 0 aliphatic heterocycles. The predicted molar refractivity (Wildman–Crippen MR) is 192 cm³/mol. The highest BCUT2D eigenvalue weighted by Crippen LogP contribution is 2.40. The van der Waals surface area contributed by atoms with Crippen molar-refractivity contribution in [3.8, 4) is 33.4 Å². The summed E-state index contributed by atoms with van der Waals surface area (Å²) < 4.78 is 112. The topological polar surface area (TPSA) is 3.24 Å². The summed E-state index contributed by atoms with van der Waals surface area (Å²) in [5.41, 5.74) is -0.551. The van der Waals surface area contributed by atoms with Crippen LogP contribution in [0.1, 0.15) is 16.4 Å². The third kappa shape index (κ3) is 5.15. The molecule has 0 aromatic heterocycles. The van der Waals surface area contributed by atoms with Crippen molar-refractivity contribution >= 4 is 38.6 Å². The summed E-state index contributed by atoms with van der Waals surface area (Å²) in [4.78, 5) is 0.889. The SMILES string of the molecule is [2H]c1c([2H])c(-c2cccc3ccccc23)c([2H])c(N(c2c([2H])c([2H])c(-c3ccccc3)c([2H])c2[2H])c2c([2H])c([2H])c(-c3cccc4ccccc34)c([2H])c2[2H])c1[2H]. The fourth-order valence-corrected chi connectivity index (χ4v) is 5.52. The van der Waals surface area contributed by atoms with E-state index in [0.29, 0.717) is 27.5 Å². The molecule has 1 heteroatoms. The van der Waals surface area contributed by atoms with Gasteiger partial charge in [0, 0.05) is 17.1 Å². The van der Waals surface area contributed by atoms with E-state index in [1.54, 1.807) is 78.9 Å². The summed E-state index contributed by atoms with van der Waals surface area (Å²) in [6.45, 7) is 0. The van der Waals surface area contributed by atoms with Gasteiger partial charge in [-0.25, -0.2) is 0 Å². The van der Waals surface area contributed by atoms with E-state index in [1.807, 2.05) is 36.4 Å². The van der Waals surface area contributed by atoms with Crippen LogP contribution in [0.5, 0.6) is 0 Å². The molecule has 0 aliphatic rings. The molecule has 0 radical (unpaired) electrons. The summed E-state index contributed by atoms with van der Waals surface area (Å²) in [5.74, 6) is 0.